The van der Waals surface area contributed by atoms with Crippen molar-refractivity contribution in [1.82, 2.24) is 15.1 Å². The number of nitrogens with one attached hydrogen (secondary N) is 1. The van der Waals surface area contributed by atoms with Crippen molar-refractivity contribution in [2.45, 2.75) is 44.3 Å². The summed E-state index contributed by atoms with van der Waals surface area (Å²) in [5.41, 5.74) is 5.66. The second-order valence-electron chi connectivity index (χ2n) is 10.6. The minimum atomic E-state index is -1.02. The zero-order valence-corrected chi connectivity index (χ0v) is 22.7. The second kappa shape index (κ2) is 12.3. The second-order valence-corrected chi connectivity index (χ2v) is 10.6. The van der Waals surface area contributed by atoms with Crippen LogP contribution in [-0.2, 0) is 20.9 Å². The van der Waals surface area contributed by atoms with Crippen molar-refractivity contribution in [1.29, 1.82) is 0 Å². The number of alkyl carbamates (subject to hydrolysis) is 1. The van der Waals surface area contributed by atoms with Gasteiger partial charge in [0, 0.05) is 44.6 Å². The van der Waals surface area contributed by atoms with Crippen LogP contribution in [0.3, 0.4) is 0 Å². The zero-order chi connectivity index (χ0) is 28.1. The predicted octanol–water partition coefficient (Wildman–Crippen LogP) is 4.49. The van der Waals surface area contributed by atoms with E-state index in [1.54, 1.807) is 4.90 Å². The van der Waals surface area contributed by atoms with Gasteiger partial charge < -0.3 is 20.1 Å². The van der Waals surface area contributed by atoms with Gasteiger partial charge in [-0.15, -0.1) is 0 Å². The van der Waals surface area contributed by atoms with Crippen molar-refractivity contribution in [3.63, 3.8) is 0 Å². The molecule has 2 N–H and O–H groups in total. The molecule has 0 radical (unpaired) electrons. The van der Waals surface area contributed by atoms with Gasteiger partial charge in [0.2, 0.25) is 5.91 Å². The van der Waals surface area contributed by atoms with E-state index in [0.717, 1.165) is 28.8 Å². The highest BCUT2D eigenvalue weighted by atomic mass is 16.5. The highest BCUT2D eigenvalue weighted by Crippen LogP contribution is 2.44. The molecular formula is C32H35N3O5. The lowest BCUT2D eigenvalue weighted by Crippen LogP contribution is -2.58. The molecule has 40 heavy (non-hydrogen) atoms. The number of hydrogen-bond acceptors (Lipinski definition) is 5. The fraction of sp³-hybridized carbons (Fsp3) is 0.344. The zero-order valence-electron chi connectivity index (χ0n) is 22.7. The molecule has 0 aromatic heterocycles. The third-order valence-electron chi connectivity index (χ3n) is 7.82. The number of rotatable bonds is 9. The summed E-state index contributed by atoms with van der Waals surface area (Å²) >= 11 is 0. The Balaban J connectivity index is 1.21. The number of carbonyl (C=O) groups excluding carboxylic acids is 2. The maximum absolute atomic E-state index is 13.6. The standard InChI is InChI=1S/C32H35N3O5/c1-22-19-34(20-23-9-3-2-4-10-23)17-18-35(22)31(38)29(15-16-30(36)37)33-32(39)40-21-28-26-13-7-5-11-24(26)25-12-6-8-14-27(25)28/h2-14,22,28-29H,15-21H2,1H3,(H,33,39)(H,36,37). The molecular weight excluding hydrogens is 506 g/mol. The van der Waals surface area contributed by atoms with Gasteiger partial charge in [-0.05, 0) is 41.2 Å². The Labute approximate surface area is 234 Å². The average molecular weight is 542 g/mol. The van der Waals surface area contributed by atoms with Gasteiger partial charge in [-0.2, -0.15) is 0 Å². The Hall–Kier alpha value is -4.17. The van der Waals surface area contributed by atoms with Gasteiger partial charge in [-0.25, -0.2) is 4.79 Å². The lowest BCUT2D eigenvalue weighted by molar-refractivity contribution is -0.139. The smallest absolute Gasteiger partial charge is 0.407 e. The van der Waals surface area contributed by atoms with Crippen molar-refractivity contribution in [2.24, 2.45) is 0 Å². The van der Waals surface area contributed by atoms with Crippen LogP contribution in [0.1, 0.15) is 42.4 Å². The molecule has 2 atom stereocenters. The first-order chi connectivity index (χ1) is 19.4. The van der Waals surface area contributed by atoms with Crippen LogP contribution in [-0.4, -0.2) is 71.2 Å². The minimum Gasteiger partial charge on any atom is -0.481 e. The number of fused-ring (bicyclic) bond motifs is 3. The maximum atomic E-state index is 13.6. The highest BCUT2D eigenvalue weighted by molar-refractivity contribution is 5.86. The Bertz CT molecular complexity index is 1320. The van der Waals surface area contributed by atoms with Crippen LogP contribution < -0.4 is 5.32 Å². The van der Waals surface area contributed by atoms with E-state index < -0.39 is 18.1 Å². The van der Waals surface area contributed by atoms with Gasteiger partial charge in [0.1, 0.15) is 12.6 Å². The Morgan fingerprint density at radius 2 is 1.55 bits per heavy atom. The van der Waals surface area contributed by atoms with Crippen LogP contribution in [0.25, 0.3) is 11.1 Å². The van der Waals surface area contributed by atoms with Crippen LogP contribution in [0.2, 0.25) is 0 Å². The fourth-order valence-electron chi connectivity index (χ4n) is 5.85. The molecule has 0 spiro atoms. The molecule has 1 heterocycles. The molecule has 1 aliphatic carbocycles. The van der Waals surface area contributed by atoms with Crippen LogP contribution in [0.5, 0.6) is 0 Å². The summed E-state index contributed by atoms with van der Waals surface area (Å²) in [6, 6.07) is 25.3. The number of hydrogen-bond donors (Lipinski definition) is 2. The summed E-state index contributed by atoms with van der Waals surface area (Å²) in [6.07, 6.45) is -0.960. The highest BCUT2D eigenvalue weighted by Gasteiger charge is 2.34. The molecule has 208 valence electrons. The lowest BCUT2D eigenvalue weighted by Gasteiger charge is -2.41. The van der Waals surface area contributed by atoms with Gasteiger partial charge in [-0.3, -0.25) is 14.5 Å². The molecule has 3 aromatic carbocycles. The van der Waals surface area contributed by atoms with Crippen LogP contribution in [0, 0.1) is 0 Å². The quantitative estimate of drug-likeness (QED) is 0.414. The monoisotopic (exact) mass is 541 g/mol. The molecule has 1 saturated heterocycles. The number of carbonyl (C=O) groups is 3. The van der Waals surface area contributed by atoms with Crippen molar-refractivity contribution in [2.75, 3.05) is 26.2 Å². The third-order valence-corrected chi connectivity index (χ3v) is 7.82. The number of piperazine rings is 1. The molecule has 3 aromatic rings. The molecule has 0 bridgehead atoms. The number of ether oxygens (including phenoxy) is 1. The van der Waals surface area contributed by atoms with Crippen LogP contribution >= 0.6 is 0 Å². The molecule has 8 heteroatoms. The van der Waals surface area contributed by atoms with E-state index in [1.807, 2.05) is 61.5 Å². The van der Waals surface area contributed by atoms with E-state index >= 15 is 0 Å². The summed E-state index contributed by atoms with van der Waals surface area (Å²) < 4.78 is 5.65. The number of carboxylic acid groups (broad SMARTS) is 1. The van der Waals surface area contributed by atoms with Crippen LogP contribution in [0.15, 0.2) is 78.9 Å². The minimum absolute atomic E-state index is 0.00465. The Kier molecular flexibility index (Phi) is 8.45. The van der Waals surface area contributed by atoms with Gasteiger partial charge in [0.25, 0.3) is 0 Å². The SMILES string of the molecule is CC1CN(Cc2ccccc2)CCN1C(=O)C(CCC(=O)O)NC(=O)OCC1c2ccccc2-c2ccccc21. The Morgan fingerprint density at radius 1 is 0.925 bits per heavy atom. The molecule has 2 aliphatic rings. The summed E-state index contributed by atoms with van der Waals surface area (Å²) in [7, 11) is 0. The molecule has 5 rings (SSSR count). The molecule has 0 saturated carbocycles. The molecule has 2 unspecified atom stereocenters. The first kappa shape index (κ1) is 27.4. The molecule has 1 aliphatic heterocycles. The molecule has 1 fully saturated rings. The average Bonchev–Trinajstić information content (AvgIpc) is 3.28. The topological polar surface area (TPSA) is 99.2 Å². The largest absolute Gasteiger partial charge is 0.481 e. The van der Waals surface area contributed by atoms with Crippen LogP contribution in [0.4, 0.5) is 4.79 Å². The van der Waals surface area contributed by atoms with Crippen molar-refractivity contribution >= 4 is 18.0 Å². The van der Waals surface area contributed by atoms with E-state index in [1.165, 1.54) is 5.56 Å². The number of benzene rings is 3. The Morgan fingerprint density at radius 3 is 2.17 bits per heavy atom. The first-order valence-corrected chi connectivity index (χ1v) is 13.8. The summed E-state index contributed by atoms with van der Waals surface area (Å²) in [5, 5.41) is 12.0. The van der Waals surface area contributed by atoms with Gasteiger partial charge in [0.15, 0.2) is 0 Å². The number of nitrogens with zero attached hydrogens (tertiary/aromatic N) is 2. The van der Waals surface area contributed by atoms with E-state index in [9.17, 15) is 19.5 Å². The number of aliphatic carboxylic acids is 1. The van der Waals surface area contributed by atoms with Crippen molar-refractivity contribution in [3.05, 3.63) is 95.6 Å². The third kappa shape index (κ3) is 6.18. The first-order valence-electron chi connectivity index (χ1n) is 13.8. The van der Waals surface area contributed by atoms with E-state index in [2.05, 4.69) is 34.5 Å². The number of amides is 2. The predicted molar refractivity (Wildman–Crippen MR) is 152 cm³/mol. The summed E-state index contributed by atoms with van der Waals surface area (Å²) in [5.74, 6) is -1.40. The van der Waals surface area contributed by atoms with E-state index in [-0.39, 0.29) is 37.3 Å². The summed E-state index contributed by atoms with van der Waals surface area (Å²) in [4.78, 5) is 41.9. The van der Waals surface area contributed by atoms with Gasteiger partial charge in [-0.1, -0.05) is 78.9 Å². The van der Waals surface area contributed by atoms with Gasteiger partial charge in [0.05, 0.1) is 0 Å². The maximum Gasteiger partial charge on any atom is 0.407 e. The molecule has 2 amide bonds. The summed E-state index contributed by atoms with van der Waals surface area (Å²) in [6.45, 7) is 4.79. The normalized spacial score (nSPS) is 17.5. The fourth-order valence-corrected chi connectivity index (χ4v) is 5.85. The van der Waals surface area contributed by atoms with Gasteiger partial charge >= 0.3 is 12.1 Å². The van der Waals surface area contributed by atoms with E-state index in [0.29, 0.717) is 19.6 Å². The van der Waals surface area contributed by atoms with Crippen molar-refractivity contribution < 1.29 is 24.2 Å². The van der Waals surface area contributed by atoms with E-state index in [4.69, 9.17) is 4.74 Å². The lowest BCUT2D eigenvalue weighted by atomic mass is 9.98. The van der Waals surface area contributed by atoms with Crippen molar-refractivity contribution in [3.8, 4) is 11.1 Å². The number of carboxylic acids is 1. The molecule has 8 nitrogen and oxygen atoms in total.